The molecule has 5 aromatic rings. The summed E-state index contributed by atoms with van der Waals surface area (Å²) < 4.78 is 48.0. The van der Waals surface area contributed by atoms with E-state index in [0.717, 1.165) is 33.3 Å². The number of fused-ring (bicyclic) bond motifs is 1. The Balaban J connectivity index is 1.29. The Kier molecular flexibility index (Phi) is 8.09. The summed E-state index contributed by atoms with van der Waals surface area (Å²) in [5.74, 6) is 2.54. The van der Waals surface area contributed by atoms with Crippen molar-refractivity contribution in [3.63, 3.8) is 0 Å². The number of furan rings is 1. The number of sulfone groups is 1. The van der Waals surface area contributed by atoms with Gasteiger partial charge in [-0.3, -0.25) is 0 Å². The minimum absolute atomic E-state index is 0.0746. The number of ether oxygens (including phenoxy) is 1. The topological polar surface area (TPSA) is 106 Å². The second kappa shape index (κ2) is 11.8. The van der Waals surface area contributed by atoms with Crippen LogP contribution in [0.25, 0.3) is 22.2 Å². The molecule has 5 rings (SSSR count). The number of aromatic nitrogens is 2. The van der Waals surface area contributed by atoms with Gasteiger partial charge in [-0.25, -0.2) is 22.8 Å². The van der Waals surface area contributed by atoms with Crippen LogP contribution in [0.3, 0.4) is 0 Å². The number of halogens is 1. The quantitative estimate of drug-likeness (QED) is 0.196. The molecule has 0 aliphatic heterocycles. The van der Waals surface area contributed by atoms with Gasteiger partial charge in [0.1, 0.15) is 51.7 Å². The first kappa shape index (κ1) is 27.3. The lowest BCUT2D eigenvalue weighted by molar-refractivity contribution is 0.303. The van der Waals surface area contributed by atoms with Crippen molar-refractivity contribution in [2.45, 2.75) is 20.1 Å². The number of aryl methyl sites for hydroxylation is 1. The fourth-order valence-corrected chi connectivity index (χ4v) is 4.74. The molecule has 2 aromatic heterocycles. The minimum atomic E-state index is -3.01. The molecule has 0 saturated heterocycles. The third kappa shape index (κ3) is 7.02. The first-order chi connectivity index (χ1) is 19.2. The maximum absolute atomic E-state index is 13.5. The number of hydrogen-bond donors (Lipinski definition) is 2. The molecule has 0 bridgehead atoms. The second-order valence-electron chi connectivity index (χ2n) is 9.55. The third-order valence-electron chi connectivity index (χ3n) is 6.25. The van der Waals surface area contributed by atoms with E-state index in [4.69, 9.17) is 9.15 Å². The van der Waals surface area contributed by atoms with Gasteiger partial charge in [0.25, 0.3) is 0 Å². The van der Waals surface area contributed by atoms with Gasteiger partial charge >= 0.3 is 0 Å². The van der Waals surface area contributed by atoms with E-state index in [1.165, 1.54) is 24.7 Å². The maximum Gasteiger partial charge on any atom is 0.148 e. The lowest BCUT2D eigenvalue weighted by Crippen LogP contribution is -2.21. The van der Waals surface area contributed by atoms with Crippen molar-refractivity contribution < 1.29 is 22.0 Å². The molecule has 0 aliphatic carbocycles. The van der Waals surface area contributed by atoms with Gasteiger partial charge < -0.3 is 19.8 Å². The van der Waals surface area contributed by atoms with Crippen LogP contribution in [0.4, 0.5) is 15.9 Å². The number of rotatable bonds is 11. The van der Waals surface area contributed by atoms with Crippen molar-refractivity contribution in [3.8, 4) is 17.1 Å². The van der Waals surface area contributed by atoms with E-state index in [0.29, 0.717) is 36.2 Å². The molecule has 0 unspecified atom stereocenters. The van der Waals surface area contributed by atoms with E-state index >= 15 is 0 Å². The van der Waals surface area contributed by atoms with Crippen LogP contribution in [0.15, 0.2) is 83.5 Å². The third-order valence-corrected chi connectivity index (χ3v) is 7.20. The Morgan fingerprint density at radius 3 is 2.67 bits per heavy atom. The average molecular weight is 561 g/mol. The molecule has 3 aromatic carbocycles. The van der Waals surface area contributed by atoms with E-state index in [9.17, 15) is 12.8 Å². The first-order valence-electron chi connectivity index (χ1n) is 12.7. The molecule has 2 N–H and O–H groups in total. The fraction of sp³-hybridized carbons (Fsp3) is 0.200. The monoisotopic (exact) mass is 560 g/mol. The van der Waals surface area contributed by atoms with Crippen LogP contribution in [-0.2, 0) is 23.0 Å². The number of anilines is 2. The van der Waals surface area contributed by atoms with Gasteiger partial charge in [0.15, 0.2) is 0 Å². The number of hydrogen-bond acceptors (Lipinski definition) is 8. The van der Waals surface area contributed by atoms with E-state index in [2.05, 4.69) is 20.6 Å². The van der Waals surface area contributed by atoms with Crippen LogP contribution >= 0.6 is 0 Å². The zero-order chi connectivity index (χ0) is 28.1. The van der Waals surface area contributed by atoms with E-state index in [1.54, 1.807) is 6.07 Å². The molecule has 0 radical (unpaired) electrons. The van der Waals surface area contributed by atoms with Crippen molar-refractivity contribution in [2.24, 2.45) is 0 Å². The number of nitrogens with zero attached hydrogens (tertiary/aromatic N) is 2. The Bertz CT molecular complexity index is 1750. The average Bonchev–Trinajstić information content (AvgIpc) is 3.39. The van der Waals surface area contributed by atoms with Gasteiger partial charge in [-0.1, -0.05) is 12.1 Å². The van der Waals surface area contributed by atoms with Crippen LogP contribution in [0.2, 0.25) is 0 Å². The van der Waals surface area contributed by atoms with Crippen LogP contribution in [0.5, 0.6) is 5.75 Å². The molecular formula is C30H29FN4O4S. The Hall–Kier alpha value is -4.28. The summed E-state index contributed by atoms with van der Waals surface area (Å²) in [5, 5.41) is 7.30. The smallest absolute Gasteiger partial charge is 0.148 e. The number of benzene rings is 3. The maximum atomic E-state index is 13.5. The highest BCUT2D eigenvalue weighted by Gasteiger charge is 2.11. The molecule has 0 fully saturated rings. The molecule has 0 atom stereocenters. The zero-order valence-corrected chi connectivity index (χ0v) is 23.0. The Morgan fingerprint density at radius 2 is 1.88 bits per heavy atom. The lowest BCUT2D eigenvalue weighted by Gasteiger charge is -2.13. The van der Waals surface area contributed by atoms with Crippen molar-refractivity contribution in [2.75, 3.05) is 23.9 Å². The predicted molar refractivity (Wildman–Crippen MR) is 154 cm³/mol. The summed E-state index contributed by atoms with van der Waals surface area (Å²) in [4.78, 5) is 8.87. The molecule has 0 aliphatic rings. The van der Waals surface area contributed by atoms with Crippen LogP contribution in [0.1, 0.15) is 16.9 Å². The summed E-state index contributed by atoms with van der Waals surface area (Å²) in [6.07, 6.45) is 2.73. The van der Waals surface area contributed by atoms with Crippen molar-refractivity contribution in [1.82, 2.24) is 15.3 Å². The van der Waals surface area contributed by atoms with Gasteiger partial charge in [0, 0.05) is 29.4 Å². The van der Waals surface area contributed by atoms with Crippen molar-refractivity contribution in [1.29, 1.82) is 0 Å². The minimum Gasteiger partial charge on any atom is -0.489 e. The molecule has 0 saturated carbocycles. The Morgan fingerprint density at radius 1 is 1.00 bits per heavy atom. The highest BCUT2D eigenvalue weighted by atomic mass is 32.2. The zero-order valence-electron chi connectivity index (χ0n) is 22.1. The van der Waals surface area contributed by atoms with Gasteiger partial charge in [0.05, 0.1) is 17.8 Å². The molecule has 8 nitrogen and oxygen atoms in total. The van der Waals surface area contributed by atoms with Gasteiger partial charge in [-0.05, 0) is 78.7 Å². The largest absolute Gasteiger partial charge is 0.489 e. The van der Waals surface area contributed by atoms with E-state index in [-0.39, 0.29) is 18.2 Å². The molecule has 2 heterocycles. The highest BCUT2D eigenvalue weighted by molar-refractivity contribution is 7.90. The van der Waals surface area contributed by atoms with Crippen LogP contribution in [0, 0.1) is 12.7 Å². The predicted octanol–water partition coefficient (Wildman–Crippen LogP) is 5.79. The van der Waals surface area contributed by atoms with Gasteiger partial charge in [0.2, 0.25) is 0 Å². The summed E-state index contributed by atoms with van der Waals surface area (Å²) in [6, 6.07) is 21.7. The summed E-state index contributed by atoms with van der Waals surface area (Å²) in [6.45, 7) is 3.01. The second-order valence-corrected chi connectivity index (χ2v) is 11.8. The SMILES string of the molecule is Cc1cc(Nc2ncnc3ccc(-c4ccc(CNCCS(C)(=O)=O)o4)cc23)ccc1OCc1cccc(F)c1. The van der Waals surface area contributed by atoms with Crippen molar-refractivity contribution in [3.05, 3.63) is 102 Å². The normalized spacial score (nSPS) is 11.6. The molecule has 10 heteroatoms. The van der Waals surface area contributed by atoms with Crippen LogP contribution in [-0.4, -0.2) is 36.9 Å². The lowest BCUT2D eigenvalue weighted by atomic mass is 10.1. The van der Waals surface area contributed by atoms with Gasteiger partial charge in [-0.2, -0.15) is 0 Å². The van der Waals surface area contributed by atoms with Crippen molar-refractivity contribution >= 4 is 32.2 Å². The molecular weight excluding hydrogens is 531 g/mol. The molecule has 0 spiro atoms. The summed E-state index contributed by atoms with van der Waals surface area (Å²) in [7, 11) is -3.01. The Labute approximate surface area is 232 Å². The summed E-state index contributed by atoms with van der Waals surface area (Å²) >= 11 is 0. The summed E-state index contributed by atoms with van der Waals surface area (Å²) in [5.41, 5.74) is 4.17. The molecule has 206 valence electrons. The highest BCUT2D eigenvalue weighted by Crippen LogP contribution is 2.31. The van der Waals surface area contributed by atoms with E-state index in [1.807, 2.05) is 61.5 Å². The molecule has 0 amide bonds. The molecule has 40 heavy (non-hydrogen) atoms. The standard InChI is InChI=1S/C30H29FN4O4S/c1-20-14-24(7-10-28(20)38-18-21-4-3-5-23(31)15-21)35-30-26-16-22(6-9-27(26)33-19-34-30)29-11-8-25(39-29)17-32-12-13-40(2,36)37/h3-11,14-16,19,32H,12-13,17-18H2,1-2H3,(H,33,34,35). The van der Waals surface area contributed by atoms with Gasteiger partial charge in [-0.15, -0.1) is 0 Å². The van der Waals surface area contributed by atoms with E-state index < -0.39 is 9.84 Å². The number of nitrogens with one attached hydrogen (secondary N) is 2. The fourth-order valence-electron chi connectivity index (χ4n) is 4.22. The first-order valence-corrected chi connectivity index (χ1v) is 14.8. The van der Waals surface area contributed by atoms with Crippen LogP contribution < -0.4 is 15.4 Å².